The molecule has 0 fully saturated rings. The molecule has 10 heteroatoms. The predicted molar refractivity (Wildman–Crippen MR) is 140 cm³/mol. The van der Waals surface area contributed by atoms with E-state index in [9.17, 15) is 23.6 Å². The van der Waals surface area contributed by atoms with Crippen molar-refractivity contribution in [2.45, 2.75) is 45.2 Å². The summed E-state index contributed by atoms with van der Waals surface area (Å²) in [4.78, 5) is 52.9. The van der Waals surface area contributed by atoms with E-state index in [1.54, 1.807) is 36.4 Å². The standard InChI is InChI=1S/C28H35FN4O5/c1-18(2)23-17-38-24-7-5-4-6-21(24)27(36)32-22(12-13-26(35)33(3)16-25(34)31-23)28(37)30-15-14-19-8-10-20(29)11-9-19/h4-11,18,22-23H,12-17H2,1-3H3,(H,30,37)(H,31,34)(H,32,36)/t22-,23-/m0/s1. The molecule has 3 rings (SSSR count). The van der Waals surface area contributed by atoms with E-state index in [0.29, 0.717) is 12.2 Å². The summed E-state index contributed by atoms with van der Waals surface area (Å²) in [6, 6.07) is 11.3. The molecule has 0 radical (unpaired) electrons. The summed E-state index contributed by atoms with van der Waals surface area (Å²) in [5.74, 6) is -1.59. The van der Waals surface area contributed by atoms with E-state index in [1.807, 2.05) is 13.8 Å². The predicted octanol–water partition coefficient (Wildman–Crippen LogP) is 2.05. The lowest BCUT2D eigenvalue weighted by Gasteiger charge is -2.24. The van der Waals surface area contributed by atoms with Gasteiger partial charge in [-0.3, -0.25) is 19.2 Å². The fourth-order valence-corrected chi connectivity index (χ4v) is 3.98. The molecule has 3 N–H and O–H groups in total. The minimum Gasteiger partial charge on any atom is -0.491 e. The van der Waals surface area contributed by atoms with Crippen LogP contribution < -0.4 is 20.7 Å². The zero-order valence-corrected chi connectivity index (χ0v) is 22.0. The van der Waals surface area contributed by atoms with Crippen LogP contribution >= 0.6 is 0 Å². The topological polar surface area (TPSA) is 117 Å². The van der Waals surface area contributed by atoms with E-state index in [0.717, 1.165) is 5.56 Å². The second-order valence-electron chi connectivity index (χ2n) is 9.71. The molecule has 9 nitrogen and oxygen atoms in total. The van der Waals surface area contributed by atoms with Crippen LogP contribution in [-0.2, 0) is 20.8 Å². The van der Waals surface area contributed by atoms with Crippen LogP contribution in [0.3, 0.4) is 0 Å². The minimum absolute atomic E-state index is 0.0383. The van der Waals surface area contributed by atoms with Gasteiger partial charge in [0.25, 0.3) is 5.91 Å². The number of nitrogens with one attached hydrogen (secondary N) is 3. The molecule has 0 spiro atoms. The summed E-state index contributed by atoms with van der Waals surface area (Å²) in [6.07, 6.45) is 0.458. The van der Waals surface area contributed by atoms with Gasteiger partial charge in [0, 0.05) is 20.0 Å². The highest BCUT2D eigenvalue weighted by molar-refractivity contribution is 5.99. The quantitative estimate of drug-likeness (QED) is 0.552. The molecule has 38 heavy (non-hydrogen) atoms. The van der Waals surface area contributed by atoms with Crippen molar-refractivity contribution in [3.8, 4) is 5.75 Å². The summed E-state index contributed by atoms with van der Waals surface area (Å²) in [7, 11) is 1.52. The highest BCUT2D eigenvalue weighted by atomic mass is 19.1. The van der Waals surface area contributed by atoms with Crippen molar-refractivity contribution in [1.29, 1.82) is 0 Å². The number of likely N-dealkylation sites (N-methyl/N-ethyl adjacent to an activating group) is 1. The number of fused-ring (bicyclic) bond motifs is 1. The van der Waals surface area contributed by atoms with Crippen LogP contribution in [0.2, 0.25) is 0 Å². The first-order valence-electron chi connectivity index (χ1n) is 12.7. The van der Waals surface area contributed by atoms with Gasteiger partial charge in [0.05, 0.1) is 18.2 Å². The molecule has 0 saturated heterocycles. The first kappa shape index (κ1) is 28.6. The van der Waals surface area contributed by atoms with E-state index in [2.05, 4.69) is 16.0 Å². The van der Waals surface area contributed by atoms with E-state index in [1.165, 1.54) is 24.1 Å². The molecule has 0 aromatic heterocycles. The van der Waals surface area contributed by atoms with Crippen LogP contribution in [0.15, 0.2) is 48.5 Å². The van der Waals surface area contributed by atoms with Gasteiger partial charge in [-0.25, -0.2) is 4.39 Å². The molecule has 2 aromatic carbocycles. The van der Waals surface area contributed by atoms with Gasteiger partial charge in [-0.1, -0.05) is 38.1 Å². The molecule has 0 aliphatic carbocycles. The molecule has 4 amide bonds. The number of halogens is 1. The largest absolute Gasteiger partial charge is 0.491 e. The molecular weight excluding hydrogens is 491 g/mol. The number of hydrogen-bond acceptors (Lipinski definition) is 5. The Morgan fingerprint density at radius 3 is 2.53 bits per heavy atom. The number of hydrogen-bond donors (Lipinski definition) is 3. The summed E-state index contributed by atoms with van der Waals surface area (Å²) < 4.78 is 19.1. The average Bonchev–Trinajstić information content (AvgIpc) is 2.89. The van der Waals surface area contributed by atoms with Crippen molar-refractivity contribution >= 4 is 23.6 Å². The molecule has 204 valence electrons. The van der Waals surface area contributed by atoms with Gasteiger partial charge in [-0.15, -0.1) is 0 Å². The first-order chi connectivity index (χ1) is 18.1. The number of carbonyl (C=O) groups is 4. The molecule has 1 heterocycles. The Kier molecular flexibility index (Phi) is 10.2. The molecule has 1 aliphatic heterocycles. The van der Waals surface area contributed by atoms with Gasteiger partial charge in [-0.05, 0) is 48.6 Å². The van der Waals surface area contributed by atoms with Crippen molar-refractivity contribution in [2.24, 2.45) is 5.92 Å². The molecule has 0 bridgehead atoms. The number of rotatable bonds is 5. The SMILES string of the molecule is CC(C)[C@@H]1COc2ccccc2C(=O)N[C@H](C(=O)NCCc2ccc(F)cc2)CCC(=O)N(C)CC(=O)N1. The normalized spacial score (nSPS) is 19.4. The van der Waals surface area contributed by atoms with Gasteiger partial charge >= 0.3 is 0 Å². The third-order valence-electron chi connectivity index (χ3n) is 6.40. The fraction of sp³-hybridized carbons (Fsp3) is 0.429. The summed E-state index contributed by atoms with van der Waals surface area (Å²) in [5, 5.41) is 8.43. The number of nitrogens with zero attached hydrogens (tertiary/aromatic N) is 1. The molecule has 2 atom stereocenters. The fourth-order valence-electron chi connectivity index (χ4n) is 3.98. The number of ether oxygens (including phenoxy) is 1. The van der Waals surface area contributed by atoms with Crippen LogP contribution in [0, 0.1) is 11.7 Å². The smallest absolute Gasteiger partial charge is 0.255 e. The lowest BCUT2D eigenvalue weighted by Crippen LogP contribution is -2.48. The van der Waals surface area contributed by atoms with Crippen LogP contribution in [0.4, 0.5) is 4.39 Å². The van der Waals surface area contributed by atoms with Crippen molar-refractivity contribution in [2.75, 3.05) is 26.7 Å². The maximum Gasteiger partial charge on any atom is 0.255 e. The monoisotopic (exact) mass is 526 g/mol. The third-order valence-corrected chi connectivity index (χ3v) is 6.40. The van der Waals surface area contributed by atoms with Crippen molar-refractivity contribution in [3.63, 3.8) is 0 Å². The Bertz CT molecular complexity index is 1140. The Morgan fingerprint density at radius 1 is 1.11 bits per heavy atom. The number of amides is 4. The van der Waals surface area contributed by atoms with E-state index < -0.39 is 17.9 Å². The summed E-state index contributed by atoms with van der Waals surface area (Å²) in [6.45, 7) is 4.13. The highest BCUT2D eigenvalue weighted by Crippen LogP contribution is 2.20. The Labute approximate surface area is 222 Å². The number of carbonyl (C=O) groups excluding carboxylic acids is 4. The van der Waals surface area contributed by atoms with Gasteiger partial charge in [-0.2, -0.15) is 0 Å². The maximum atomic E-state index is 13.2. The zero-order valence-electron chi connectivity index (χ0n) is 22.0. The van der Waals surface area contributed by atoms with Crippen LogP contribution in [0.1, 0.15) is 42.6 Å². The number of para-hydroxylation sites is 1. The Hall–Kier alpha value is -3.95. The average molecular weight is 527 g/mol. The molecule has 0 saturated carbocycles. The van der Waals surface area contributed by atoms with Gasteiger partial charge in [0.1, 0.15) is 24.2 Å². The van der Waals surface area contributed by atoms with Crippen LogP contribution in [0.25, 0.3) is 0 Å². The third kappa shape index (κ3) is 8.29. The van der Waals surface area contributed by atoms with E-state index in [-0.39, 0.29) is 67.7 Å². The van der Waals surface area contributed by atoms with E-state index >= 15 is 0 Å². The zero-order chi connectivity index (χ0) is 27.7. The van der Waals surface area contributed by atoms with Crippen molar-refractivity contribution < 1.29 is 28.3 Å². The maximum absolute atomic E-state index is 13.2. The lowest BCUT2D eigenvalue weighted by atomic mass is 10.1. The molecule has 1 aliphatic rings. The number of benzene rings is 2. The first-order valence-corrected chi connectivity index (χ1v) is 12.7. The van der Waals surface area contributed by atoms with Gasteiger partial charge < -0.3 is 25.6 Å². The van der Waals surface area contributed by atoms with Crippen LogP contribution in [0.5, 0.6) is 5.75 Å². The van der Waals surface area contributed by atoms with Gasteiger partial charge in [0.15, 0.2) is 0 Å². The summed E-state index contributed by atoms with van der Waals surface area (Å²) in [5.41, 5.74) is 1.09. The summed E-state index contributed by atoms with van der Waals surface area (Å²) >= 11 is 0. The van der Waals surface area contributed by atoms with Crippen molar-refractivity contribution in [1.82, 2.24) is 20.9 Å². The Morgan fingerprint density at radius 2 is 1.82 bits per heavy atom. The lowest BCUT2D eigenvalue weighted by molar-refractivity contribution is -0.135. The second-order valence-corrected chi connectivity index (χ2v) is 9.71. The highest BCUT2D eigenvalue weighted by Gasteiger charge is 2.26. The van der Waals surface area contributed by atoms with Crippen molar-refractivity contribution in [3.05, 3.63) is 65.5 Å². The van der Waals surface area contributed by atoms with E-state index in [4.69, 9.17) is 4.74 Å². The molecule has 0 unspecified atom stereocenters. The molecule has 2 aromatic rings. The minimum atomic E-state index is -0.997. The Balaban J connectivity index is 1.78. The second kappa shape index (κ2) is 13.6. The van der Waals surface area contributed by atoms with Crippen LogP contribution in [-0.4, -0.2) is 67.4 Å². The van der Waals surface area contributed by atoms with Gasteiger partial charge in [0.2, 0.25) is 17.7 Å². The molecular formula is C28H35FN4O5.